The first-order valence-corrected chi connectivity index (χ1v) is 6.93. The summed E-state index contributed by atoms with van der Waals surface area (Å²) in [6.45, 7) is 4.28. The second-order valence-electron chi connectivity index (χ2n) is 4.40. The van der Waals surface area contributed by atoms with Crippen molar-refractivity contribution in [3.63, 3.8) is 0 Å². The molecule has 0 amide bonds. The maximum atomic E-state index is 11.7. The minimum Gasteiger partial charge on any atom is -0.492 e. The molecule has 0 spiro atoms. The van der Waals surface area contributed by atoms with Crippen molar-refractivity contribution in [2.45, 2.75) is 20.4 Å². The number of hydrogen-bond donors (Lipinski definition) is 1. The molecule has 5 nitrogen and oxygen atoms in total. The second kappa shape index (κ2) is 5.92. The number of nitrogens with zero attached hydrogens (tertiary/aromatic N) is 1. The molecule has 2 aromatic rings. The molecule has 0 saturated carbocycles. The smallest absolute Gasteiger partial charge is 0.347 e. The van der Waals surface area contributed by atoms with Crippen molar-refractivity contribution in [3.8, 4) is 5.75 Å². The molecule has 0 aliphatic carbocycles. The molecule has 0 aliphatic heterocycles. The van der Waals surface area contributed by atoms with Crippen LogP contribution in [-0.4, -0.2) is 22.2 Å². The number of ether oxygens (including phenoxy) is 1. The van der Waals surface area contributed by atoms with Gasteiger partial charge in [0.15, 0.2) is 0 Å². The van der Waals surface area contributed by atoms with E-state index in [1.54, 1.807) is 6.92 Å². The molecule has 0 aliphatic rings. The molecule has 0 saturated heterocycles. The van der Waals surface area contributed by atoms with Gasteiger partial charge in [-0.05, 0) is 26.0 Å². The van der Waals surface area contributed by atoms with Gasteiger partial charge in [-0.15, -0.1) is 0 Å². The molecule has 0 fully saturated rings. The lowest BCUT2D eigenvalue weighted by Crippen LogP contribution is -2.19. The van der Waals surface area contributed by atoms with E-state index in [1.807, 2.05) is 31.2 Å². The number of aromatic nitrogens is 1. The standard InChI is InChI=1S/C14H15NO4S/c1-9-3-5-11(6-4-9)19-8-7-15-10(2)12(13(16)17)20-14(15)18/h3-6H,7-8H2,1-2H3,(H,16,17). The molecule has 106 valence electrons. The molecule has 2 rings (SSSR count). The van der Waals surface area contributed by atoms with Gasteiger partial charge in [-0.1, -0.05) is 29.0 Å². The fourth-order valence-corrected chi connectivity index (χ4v) is 2.68. The van der Waals surface area contributed by atoms with Gasteiger partial charge in [0.05, 0.1) is 6.54 Å². The molecule has 1 heterocycles. The van der Waals surface area contributed by atoms with Gasteiger partial charge in [0.1, 0.15) is 17.2 Å². The van der Waals surface area contributed by atoms with Crippen LogP contribution in [0.3, 0.4) is 0 Å². The zero-order valence-electron chi connectivity index (χ0n) is 11.3. The fourth-order valence-electron chi connectivity index (χ4n) is 1.82. The summed E-state index contributed by atoms with van der Waals surface area (Å²) in [5.41, 5.74) is 1.62. The maximum Gasteiger partial charge on any atom is 0.347 e. The Labute approximate surface area is 120 Å². The highest BCUT2D eigenvalue weighted by molar-refractivity contribution is 7.11. The predicted molar refractivity (Wildman–Crippen MR) is 76.9 cm³/mol. The van der Waals surface area contributed by atoms with Gasteiger partial charge in [0.2, 0.25) is 0 Å². The van der Waals surface area contributed by atoms with E-state index in [-0.39, 0.29) is 9.75 Å². The van der Waals surface area contributed by atoms with Crippen molar-refractivity contribution < 1.29 is 14.6 Å². The summed E-state index contributed by atoms with van der Waals surface area (Å²) in [7, 11) is 0. The quantitative estimate of drug-likeness (QED) is 0.918. The zero-order valence-corrected chi connectivity index (χ0v) is 12.1. The molecule has 0 bridgehead atoms. The summed E-state index contributed by atoms with van der Waals surface area (Å²) >= 11 is 0.750. The molecule has 20 heavy (non-hydrogen) atoms. The number of benzene rings is 1. The van der Waals surface area contributed by atoms with Gasteiger partial charge in [0.25, 0.3) is 0 Å². The lowest BCUT2D eigenvalue weighted by Gasteiger charge is -2.08. The minimum absolute atomic E-state index is 0.0883. The Bertz CT molecular complexity index is 669. The van der Waals surface area contributed by atoms with Crippen molar-refractivity contribution in [1.82, 2.24) is 4.57 Å². The lowest BCUT2D eigenvalue weighted by atomic mass is 10.2. The first-order valence-electron chi connectivity index (χ1n) is 6.12. The summed E-state index contributed by atoms with van der Waals surface area (Å²) in [6.07, 6.45) is 0. The highest BCUT2D eigenvalue weighted by Crippen LogP contribution is 2.13. The summed E-state index contributed by atoms with van der Waals surface area (Å²) in [4.78, 5) is 22.5. The van der Waals surface area contributed by atoms with Crippen LogP contribution in [0.15, 0.2) is 29.1 Å². The molecule has 1 aromatic heterocycles. The van der Waals surface area contributed by atoms with Crippen LogP contribution in [0.25, 0.3) is 0 Å². The Morgan fingerprint density at radius 3 is 2.50 bits per heavy atom. The Balaban J connectivity index is 2.03. The second-order valence-corrected chi connectivity index (χ2v) is 5.36. The number of hydrogen-bond acceptors (Lipinski definition) is 4. The predicted octanol–water partition coefficient (Wildman–Crippen LogP) is 2.30. The van der Waals surface area contributed by atoms with Crippen molar-refractivity contribution in [2.75, 3.05) is 6.61 Å². The minimum atomic E-state index is -1.07. The highest BCUT2D eigenvalue weighted by Gasteiger charge is 2.16. The van der Waals surface area contributed by atoms with E-state index in [9.17, 15) is 9.59 Å². The van der Waals surface area contributed by atoms with E-state index in [0.29, 0.717) is 18.8 Å². The summed E-state index contributed by atoms with van der Waals surface area (Å²) in [6, 6.07) is 7.61. The van der Waals surface area contributed by atoms with E-state index >= 15 is 0 Å². The molecule has 1 N–H and O–H groups in total. The van der Waals surface area contributed by atoms with Crippen molar-refractivity contribution in [3.05, 3.63) is 50.1 Å². The number of carbonyl (C=O) groups is 1. The van der Waals surface area contributed by atoms with Crippen molar-refractivity contribution in [2.24, 2.45) is 0 Å². The van der Waals surface area contributed by atoms with E-state index < -0.39 is 5.97 Å². The molecular formula is C14H15NO4S. The van der Waals surface area contributed by atoms with Crippen LogP contribution < -0.4 is 9.61 Å². The van der Waals surface area contributed by atoms with Gasteiger partial charge in [-0.3, -0.25) is 9.36 Å². The Morgan fingerprint density at radius 2 is 1.95 bits per heavy atom. The van der Waals surface area contributed by atoms with Gasteiger partial charge in [0, 0.05) is 5.69 Å². The van der Waals surface area contributed by atoms with Crippen LogP contribution in [0.5, 0.6) is 5.75 Å². The highest BCUT2D eigenvalue weighted by atomic mass is 32.1. The van der Waals surface area contributed by atoms with Crippen LogP contribution >= 0.6 is 11.3 Å². The molecule has 0 radical (unpaired) electrons. The SMILES string of the molecule is Cc1ccc(OCCn2c(C)c(C(=O)O)sc2=O)cc1. The third-order valence-electron chi connectivity index (χ3n) is 2.94. The van der Waals surface area contributed by atoms with Gasteiger partial charge in [-0.2, -0.15) is 0 Å². The summed E-state index contributed by atoms with van der Waals surface area (Å²) in [5.74, 6) is -0.335. The van der Waals surface area contributed by atoms with Crippen LogP contribution in [0.2, 0.25) is 0 Å². The van der Waals surface area contributed by atoms with E-state index in [4.69, 9.17) is 9.84 Å². The zero-order chi connectivity index (χ0) is 14.7. The number of carboxylic acid groups (broad SMARTS) is 1. The normalized spacial score (nSPS) is 10.5. The van der Waals surface area contributed by atoms with Crippen LogP contribution in [-0.2, 0) is 6.54 Å². The van der Waals surface area contributed by atoms with Crippen molar-refractivity contribution in [1.29, 1.82) is 0 Å². The Hall–Kier alpha value is -2.08. The van der Waals surface area contributed by atoms with E-state index in [1.165, 1.54) is 4.57 Å². The Morgan fingerprint density at radius 1 is 1.30 bits per heavy atom. The number of thiazole rings is 1. The van der Waals surface area contributed by atoms with Crippen LogP contribution in [0.1, 0.15) is 20.9 Å². The average molecular weight is 293 g/mol. The van der Waals surface area contributed by atoms with Crippen molar-refractivity contribution >= 4 is 17.3 Å². The van der Waals surface area contributed by atoms with Gasteiger partial charge >= 0.3 is 10.8 Å². The molecule has 0 atom stereocenters. The van der Waals surface area contributed by atoms with E-state index in [2.05, 4.69) is 0 Å². The number of aryl methyl sites for hydroxylation is 1. The third-order valence-corrected chi connectivity index (χ3v) is 4.01. The first kappa shape index (κ1) is 14.3. The molecular weight excluding hydrogens is 278 g/mol. The van der Waals surface area contributed by atoms with Crippen LogP contribution in [0.4, 0.5) is 0 Å². The average Bonchev–Trinajstić information content (AvgIpc) is 2.69. The molecule has 1 aromatic carbocycles. The third kappa shape index (κ3) is 3.08. The first-order chi connectivity index (χ1) is 9.49. The Kier molecular flexibility index (Phi) is 4.24. The van der Waals surface area contributed by atoms with Gasteiger partial charge < -0.3 is 9.84 Å². The fraction of sp³-hybridized carbons (Fsp3) is 0.286. The number of aromatic carboxylic acids is 1. The monoisotopic (exact) mass is 293 g/mol. The number of rotatable bonds is 5. The summed E-state index contributed by atoms with van der Waals surface area (Å²) in [5, 5.41) is 8.96. The topological polar surface area (TPSA) is 68.5 Å². The van der Waals surface area contributed by atoms with Gasteiger partial charge in [-0.25, -0.2) is 4.79 Å². The van der Waals surface area contributed by atoms with E-state index in [0.717, 1.165) is 22.6 Å². The summed E-state index contributed by atoms with van der Waals surface area (Å²) < 4.78 is 6.97. The molecule has 0 unspecified atom stereocenters. The lowest BCUT2D eigenvalue weighted by molar-refractivity contribution is 0.0700. The largest absolute Gasteiger partial charge is 0.492 e. The van der Waals surface area contributed by atoms with Crippen LogP contribution in [0, 0.1) is 13.8 Å². The number of carboxylic acids is 1. The maximum absolute atomic E-state index is 11.7. The molecule has 6 heteroatoms.